The van der Waals surface area contributed by atoms with Crippen LogP contribution in [0.25, 0.3) is 11.4 Å². The van der Waals surface area contributed by atoms with E-state index >= 15 is 0 Å². The second kappa shape index (κ2) is 6.71. The number of aromatic nitrogens is 2. The van der Waals surface area contributed by atoms with Gasteiger partial charge in [0.1, 0.15) is 0 Å². The lowest BCUT2D eigenvalue weighted by molar-refractivity contribution is 0.289. The van der Waals surface area contributed by atoms with Crippen molar-refractivity contribution in [2.45, 2.75) is 40.0 Å². The molecule has 0 bridgehead atoms. The third-order valence-corrected chi connectivity index (χ3v) is 4.23. The van der Waals surface area contributed by atoms with E-state index in [-0.39, 0.29) is 5.41 Å². The quantitative estimate of drug-likeness (QED) is 0.850. The molecule has 0 fully saturated rings. The number of nitrogens with two attached hydrogens (primary N) is 1. The zero-order valence-electron chi connectivity index (χ0n) is 12.8. The van der Waals surface area contributed by atoms with Crippen LogP contribution < -0.4 is 5.73 Å². The number of nitrogens with zero attached hydrogens (tertiary/aromatic N) is 2. The molecule has 2 rings (SSSR count). The first kappa shape index (κ1) is 16.2. The average Bonchev–Trinajstić information content (AvgIpc) is 2.85. The molecule has 0 aliphatic carbocycles. The molecule has 0 spiro atoms. The largest absolute Gasteiger partial charge is 0.339 e. The molecule has 0 saturated carbocycles. The van der Waals surface area contributed by atoms with Crippen LogP contribution in [0.15, 0.2) is 27.2 Å². The summed E-state index contributed by atoms with van der Waals surface area (Å²) in [7, 11) is 0. The molecule has 2 aromatic rings. The fourth-order valence-corrected chi connectivity index (χ4v) is 2.78. The Morgan fingerprint density at radius 1 is 1.29 bits per heavy atom. The Hall–Kier alpha value is -1.20. The Morgan fingerprint density at radius 3 is 2.71 bits per heavy atom. The van der Waals surface area contributed by atoms with E-state index in [0.29, 0.717) is 18.3 Å². The van der Waals surface area contributed by atoms with Crippen LogP contribution in [0.5, 0.6) is 0 Å². The van der Waals surface area contributed by atoms with Gasteiger partial charge < -0.3 is 10.3 Å². The van der Waals surface area contributed by atoms with Crippen molar-refractivity contribution in [3.63, 3.8) is 0 Å². The SMILES string of the molecule is Cc1cc(Br)ccc1-c1noc(CCC(C)(C)CCN)n1. The number of hydrogen-bond acceptors (Lipinski definition) is 4. The van der Waals surface area contributed by atoms with Crippen molar-refractivity contribution < 1.29 is 4.52 Å². The van der Waals surface area contributed by atoms with Crippen LogP contribution >= 0.6 is 15.9 Å². The molecule has 5 heteroatoms. The van der Waals surface area contributed by atoms with Gasteiger partial charge in [0.25, 0.3) is 0 Å². The monoisotopic (exact) mass is 351 g/mol. The van der Waals surface area contributed by atoms with E-state index in [1.54, 1.807) is 0 Å². The topological polar surface area (TPSA) is 64.9 Å². The van der Waals surface area contributed by atoms with E-state index in [1.165, 1.54) is 0 Å². The number of rotatable bonds is 6. The highest BCUT2D eigenvalue weighted by Crippen LogP contribution is 2.27. The predicted octanol–water partition coefficient (Wildman–Crippen LogP) is 4.12. The van der Waals surface area contributed by atoms with Gasteiger partial charge in [0.15, 0.2) is 0 Å². The summed E-state index contributed by atoms with van der Waals surface area (Å²) in [4.78, 5) is 4.51. The predicted molar refractivity (Wildman–Crippen MR) is 87.9 cm³/mol. The Balaban J connectivity index is 2.08. The standard InChI is InChI=1S/C16H22BrN3O/c1-11-10-12(17)4-5-13(11)15-19-14(21-20-15)6-7-16(2,3)8-9-18/h4-5,10H,6-9,18H2,1-3H3. The smallest absolute Gasteiger partial charge is 0.226 e. The summed E-state index contributed by atoms with van der Waals surface area (Å²) in [5.41, 5.74) is 7.98. The number of halogens is 1. The van der Waals surface area contributed by atoms with Gasteiger partial charge in [0, 0.05) is 16.5 Å². The van der Waals surface area contributed by atoms with Crippen LogP contribution in [0.2, 0.25) is 0 Å². The van der Waals surface area contributed by atoms with Crippen LogP contribution in [-0.2, 0) is 6.42 Å². The second-order valence-electron chi connectivity index (χ2n) is 6.17. The first-order valence-electron chi connectivity index (χ1n) is 7.20. The minimum atomic E-state index is 0.205. The molecule has 0 saturated heterocycles. The van der Waals surface area contributed by atoms with Crippen molar-refractivity contribution in [1.29, 1.82) is 0 Å². The van der Waals surface area contributed by atoms with Crippen molar-refractivity contribution >= 4 is 15.9 Å². The molecule has 4 nitrogen and oxygen atoms in total. The van der Waals surface area contributed by atoms with Gasteiger partial charge in [-0.05, 0) is 55.5 Å². The molecule has 0 atom stereocenters. The van der Waals surface area contributed by atoms with Crippen molar-refractivity contribution in [2.24, 2.45) is 11.1 Å². The number of aryl methyl sites for hydroxylation is 2. The summed E-state index contributed by atoms with van der Waals surface area (Å²) >= 11 is 3.46. The summed E-state index contributed by atoms with van der Waals surface area (Å²) in [5.74, 6) is 1.35. The maximum Gasteiger partial charge on any atom is 0.226 e. The van der Waals surface area contributed by atoms with Crippen molar-refractivity contribution in [1.82, 2.24) is 10.1 Å². The lowest BCUT2D eigenvalue weighted by Gasteiger charge is -2.22. The molecule has 0 unspecified atom stereocenters. The Morgan fingerprint density at radius 2 is 2.05 bits per heavy atom. The molecule has 114 valence electrons. The van der Waals surface area contributed by atoms with Crippen LogP contribution in [-0.4, -0.2) is 16.7 Å². The maximum absolute atomic E-state index is 5.64. The Bertz CT molecular complexity index is 607. The van der Waals surface area contributed by atoms with Crippen LogP contribution in [0.1, 0.15) is 38.1 Å². The summed E-state index contributed by atoms with van der Waals surface area (Å²) < 4.78 is 6.43. The summed E-state index contributed by atoms with van der Waals surface area (Å²) in [6, 6.07) is 6.05. The molecule has 0 amide bonds. The molecule has 0 radical (unpaired) electrons. The minimum Gasteiger partial charge on any atom is -0.339 e. The third-order valence-electron chi connectivity index (χ3n) is 3.73. The molecule has 0 aliphatic heterocycles. The molecule has 1 aromatic carbocycles. The van der Waals surface area contributed by atoms with E-state index in [2.05, 4.69) is 46.0 Å². The average molecular weight is 352 g/mol. The lowest BCUT2D eigenvalue weighted by atomic mass is 9.84. The van der Waals surface area contributed by atoms with E-state index in [0.717, 1.165) is 34.9 Å². The van der Waals surface area contributed by atoms with Crippen molar-refractivity contribution in [3.05, 3.63) is 34.1 Å². The number of hydrogen-bond donors (Lipinski definition) is 1. The van der Waals surface area contributed by atoms with Crippen LogP contribution in [0, 0.1) is 12.3 Å². The Labute approximate surface area is 134 Å². The van der Waals surface area contributed by atoms with Gasteiger partial charge >= 0.3 is 0 Å². The molecule has 2 N–H and O–H groups in total. The zero-order valence-corrected chi connectivity index (χ0v) is 14.4. The first-order chi connectivity index (χ1) is 9.91. The van der Waals surface area contributed by atoms with Crippen molar-refractivity contribution in [3.8, 4) is 11.4 Å². The second-order valence-corrected chi connectivity index (χ2v) is 7.09. The third kappa shape index (κ3) is 4.38. The van der Waals surface area contributed by atoms with Gasteiger partial charge in [-0.15, -0.1) is 0 Å². The highest BCUT2D eigenvalue weighted by Gasteiger charge is 2.19. The fraction of sp³-hybridized carbons (Fsp3) is 0.500. The Kier molecular flexibility index (Phi) is 5.17. The summed E-state index contributed by atoms with van der Waals surface area (Å²) in [5, 5.41) is 4.10. The molecule has 1 heterocycles. The van der Waals surface area contributed by atoms with Gasteiger partial charge in [-0.3, -0.25) is 0 Å². The minimum absolute atomic E-state index is 0.205. The fourth-order valence-electron chi connectivity index (χ4n) is 2.30. The molecule has 21 heavy (non-hydrogen) atoms. The maximum atomic E-state index is 5.64. The first-order valence-corrected chi connectivity index (χ1v) is 8.00. The van der Waals surface area contributed by atoms with E-state index < -0.39 is 0 Å². The number of benzene rings is 1. The molecular weight excluding hydrogens is 330 g/mol. The normalized spacial score (nSPS) is 11.9. The van der Waals surface area contributed by atoms with Gasteiger partial charge in [0.05, 0.1) is 0 Å². The van der Waals surface area contributed by atoms with Gasteiger partial charge in [-0.2, -0.15) is 4.98 Å². The summed E-state index contributed by atoms with van der Waals surface area (Å²) in [6.45, 7) is 7.19. The van der Waals surface area contributed by atoms with E-state index in [1.807, 2.05) is 19.1 Å². The van der Waals surface area contributed by atoms with Gasteiger partial charge in [0.2, 0.25) is 11.7 Å². The van der Waals surface area contributed by atoms with Gasteiger partial charge in [-0.25, -0.2) is 0 Å². The zero-order chi connectivity index (χ0) is 15.5. The molecule has 0 aliphatic rings. The van der Waals surface area contributed by atoms with Crippen molar-refractivity contribution in [2.75, 3.05) is 6.54 Å². The van der Waals surface area contributed by atoms with Crippen LogP contribution in [0.4, 0.5) is 0 Å². The van der Waals surface area contributed by atoms with Gasteiger partial charge in [-0.1, -0.05) is 34.9 Å². The highest BCUT2D eigenvalue weighted by molar-refractivity contribution is 9.10. The van der Waals surface area contributed by atoms with Crippen LogP contribution in [0.3, 0.4) is 0 Å². The van der Waals surface area contributed by atoms with E-state index in [4.69, 9.17) is 10.3 Å². The molecular formula is C16H22BrN3O. The lowest BCUT2D eigenvalue weighted by Crippen LogP contribution is -2.17. The highest BCUT2D eigenvalue weighted by atomic mass is 79.9. The van der Waals surface area contributed by atoms with E-state index in [9.17, 15) is 0 Å². The summed E-state index contributed by atoms with van der Waals surface area (Å²) in [6.07, 6.45) is 2.78. The molecule has 1 aromatic heterocycles.